The molecule has 2 heterocycles. The molecule has 3 aromatic rings. The molecule has 46 heavy (non-hydrogen) atoms. The second-order valence-corrected chi connectivity index (χ2v) is 12.9. The third-order valence-corrected chi connectivity index (χ3v) is 8.75. The summed E-state index contributed by atoms with van der Waals surface area (Å²) in [5, 5.41) is 17.3. The van der Waals surface area contributed by atoms with E-state index < -0.39 is 36.2 Å². The molecule has 2 N–H and O–H groups in total. The second kappa shape index (κ2) is 15.6. The number of nitrogens with zero attached hydrogens (tertiary/aromatic N) is 3. The first-order chi connectivity index (χ1) is 21.8. The van der Waals surface area contributed by atoms with Crippen molar-refractivity contribution in [2.45, 2.75) is 97.1 Å². The highest BCUT2D eigenvalue weighted by molar-refractivity contribution is 5.82. The van der Waals surface area contributed by atoms with E-state index in [0.29, 0.717) is 48.1 Å². The molecule has 0 fully saturated rings. The number of amides is 1. The summed E-state index contributed by atoms with van der Waals surface area (Å²) >= 11 is 0. The SMILES string of the molecule is Cc1cc2cc(c1F)[C@H](CC(=O)O)NC(=O)[C@@H](n1nc(CCCN(C)C)cc(C)c1=O)CCCCCCCc1cc(F)cc(C)c1-2. The fourth-order valence-electron chi connectivity index (χ4n) is 6.46. The molecular weight excluding hydrogens is 590 g/mol. The Morgan fingerprint density at radius 2 is 1.70 bits per heavy atom. The average Bonchev–Trinajstić information content (AvgIpc) is 2.96. The number of carbonyl (C=O) groups is 2. The molecule has 2 aromatic carbocycles. The second-order valence-electron chi connectivity index (χ2n) is 12.9. The highest BCUT2D eigenvalue weighted by atomic mass is 19.1. The van der Waals surface area contributed by atoms with Crippen LogP contribution >= 0.6 is 0 Å². The number of carboxylic acid groups (broad SMARTS) is 1. The number of benzene rings is 2. The van der Waals surface area contributed by atoms with E-state index in [1.54, 1.807) is 39.0 Å². The number of rotatable bonds is 7. The monoisotopic (exact) mass is 636 g/mol. The van der Waals surface area contributed by atoms with Crippen LogP contribution in [-0.4, -0.2) is 52.3 Å². The largest absolute Gasteiger partial charge is 0.481 e. The molecular formula is C36H46F2N4O4. The van der Waals surface area contributed by atoms with Crippen LogP contribution in [0.15, 0.2) is 35.1 Å². The van der Waals surface area contributed by atoms with Crippen molar-refractivity contribution in [3.8, 4) is 11.1 Å². The van der Waals surface area contributed by atoms with E-state index in [9.17, 15) is 23.9 Å². The van der Waals surface area contributed by atoms with Crippen molar-refractivity contribution < 1.29 is 23.5 Å². The topological polar surface area (TPSA) is 105 Å². The Hall–Kier alpha value is -3.92. The van der Waals surface area contributed by atoms with Gasteiger partial charge in [-0.15, -0.1) is 0 Å². The van der Waals surface area contributed by atoms with Gasteiger partial charge in [0.2, 0.25) is 5.91 Å². The van der Waals surface area contributed by atoms with Crippen LogP contribution in [0.3, 0.4) is 0 Å². The quantitative estimate of drug-likeness (QED) is 0.312. The standard InChI is InChI=1S/C36H46F2N4O4/c1-22-17-27(37)19-25-12-9-7-6-8-10-14-31(42-36(46)24(3)18-28(40-42)13-11-15-41(4)5)35(45)39-30(21-32(43)44)29-20-26(33(22)25)16-23(2)34(29)38/h16-20,30-31H,6-15,21H2,1-5H3,(H,39,45)(H,43,44)/t30-,31-/m0/s1. The Bertz CT molecular complexity index is 1640. The lowest BCUT2D eigenvalue weighted by Crippen LogP contribution is -2.41. The van der Waals surface area contributed by atoms with E-state index in [1.165, 1.54) is 16.8 Å². The maximum atomic E-state index is 15.9. The lowest BCUT2D eigenvalue weighted by Gasteiger charge is -2.25. The van der Waals surface area contributed by atoms with Crippen molar-refractivity contribution >= 4 is 11.9 Å². The zero-order valence-corrected chi connectivity index (χ0v) is 27.6. The van der Waals surface area contributed by atoms with Gasteiger partial charge >= 0.3 is 5.97 Å². The number of fused-ring (bicyclic) bond motifs is 4. The van der Waals surface area contributed by atoms with Crippen LogP contribution in [0.25, 0.3) is 11.1 Å². The fraction of sp³-hybridized carbons (Fsp3) is 0.500. The van der Waals surface area contributed by atoms with Crippen LogP contribution in [0.1, 0.15) is 97.0 Å². The highest BCUT2D eigenvalue weighted by Gasteiger charge is 2.30. The lowest BCUT2D eigenvalue weighted by atomic mass is 9.88. The average molecular weight is 637 g/mol. The zero-order chi connectivity index (χ0) is 33.5. The summed E-state index contributed by atoms with van der Waals surface area (Å²) in [7, 11) is 3.96. The first-order valence-electron chi connectivity index (χ1n) is 16.2. The molecule has 0 spiro atoms. The van der Waals surface area contributed by atoms with Crippen molar-refractivity contribution in [1.82, 2.24) is 20.0 Å². The smallest absolute Gasteiger partial charge is 0.305 e. The maximum Gasteiger partial charge on any atom is 0.305 e. The van der Waals surface area contributed by atoms with Crippen LogP contribution in [0, 0.1) is 32.4 Å². The van der Waals surface area contributed by atoms with Gasteiger partial charge in [0.25, 0.3) is 5.56 Å². The Morgan fingerprint density at radius 1 is 0.978 bits per heavy atom. The van der Waals surface area contributed by atoms with Crippen LogP contribution in [-0.2, 0) is 22.4 Å². The molecule has 2 bridgehead atoms. The first-order valence-corrected chi connectivity index (χ1v) is 16.2. The van der Waals surface area contributed by atoms with Gasteiger partial charge in [0.15, 0.2) is 0 Å². The summed E-state index contributed by atoms with van der Waals surface area (Å²) in [4.78, 5) is 41.6. The van der Waals surface area contributed by atoms with Crippen LogP contribution in [0.4, 0.5) is 8.78 Å². The van der Waals surface area contributed by atoms with Crippen molar-refractivity contribution in [2.24, 2.45) is 0 Å². The predicted octanol–water partition coefficient (Wildman–Crippen LogP) is 6.38. The van der Waals surface area contributed by atoms with Gasteiger partial charge in [0, 0.05) is 11.1 Å². The van der Waals surface area contributed by atoms with Gasteiger partial charge in [-0.05, 0) is 132 Å². The molecule has 0 saturated heterocycles. The number of aliphatic carboxylic acids is 1. The van der Waals surface area contributed by atoms with Gasteiger partial charge in [-0.25, -0.2) is 13.5 Å². The van der Waals surface area contributed by atoms with Gasteiger partial charge in [0.1, 0.15) is 17.7 Å². The molecule has 10 heteroatoms. The van der Waals surface area contributed by atoms with Gasteiger partial charge in [-0.1, -0.05) is 25.7 Å². The van der Waals surface area contributed by atoms with Gasteiger partial charge in [-0.3, -0.25) is 14.4 Å². The highest BCUT2D eigenvalue weighted by Crippen LogP contribution is 2.35. The zero-order valence-electron chi connectivity index (χ0n) is 27.6. The molecule has 0 saturated carbocycles. The molecule has 8 nitrogen and oxygen atoms in total. The van der Waals surface area contributed by atoms with Crippen LogP contribution < -0.4 is 10.9 Å². The summed E-state index contributed by atoms with van der Waals surface area (Å²) in [5.41, 5.74) is 4.01. The minimum atomic E-state index is -1.22. The molecule has 0 unspecified atom stereocenters. The number of hydrogen-bond donors (Lipinski definition) is 2. The predicted molar refractivity (Wildman–Crippen MR) is 175 cm³/mol. The molecule has 4 rings (SSSR count). The van der Waals surface area contributed by atoms with E-state index >= 15 is 4.39 Å². The fourth-order valence-corrected chi connectivity index (χ4v) is 6.46. The van der Waals surface area contributed by atoms with Crippen molar-refractivity contribution in [3.63, 3.8) is 0 Å². The third kappa shape index (κ3) is 8.66. The first kappa shape index (κ1) is 34.9. The maximum absolute atomic E-state index is 15.9. The van der Waals surface area contributed by atoms with Gasteiger partial charge in [-0.2, -0.15) is 5.10 Å². The Morgan fingerprint density at radius 3 is 2.41 bits per heavy atom. The van der Waals surface area contributed by atoms with E-state index in [0.717, 1.165) is 49.8 Å². The number of aryl methyl sites for hydroxylation is 5. The van der Waals surface area contributed by atoms with Crippen molar-refractivity contribution in [1.29, 1.82) is 0 Å². The number of aromatic nitrogens is 2. The van der Waals surface area contributed by atoms with E-state index in [1.807, 2.05) is 14.1 Å². The summed E-state index contributed by atoms with van der Waals surface area (Å²) < 4.78 is 31.6. The lowest BCUT2D eigenvalue weighted by molar-refractivity contribution is -0.138. The van der Waals surface area contributed by atoms with E-state index in [2.05, 4.69) is 15.3 Å². The van der Waals surface area contributed by atoms with Crippen LogP contribution in [0.2, 0.25) is 0 Å². The van der Waals surface area contributed by atoms with Crippen molar-refractivity contribution in [2.75, 3.05) is 20.6 Å². The van der Waals surface area contributed by atoms with Crippen LogP contribution in [0.5, 0.6) is 0 Å². The summed E-state index contributed by atoms with van der Waals surface area (Å²) in [6.07, 6.45) is 5.88. The normalized spacial score (nSPS) is 17.9. The molecule has 0 aliphatic carbocycles. The molecule has 0 radical (unpaired) electrons. The Labute approximate surface area is 269 Å². The number of carboxylic acids is 1. The molecule has 248 valence electrons. The molecule has 1 amide bonds. The number of carbonyl (C=O) groups excluding carboxylic acids is 1. The van der Waals surface area contributed by atoms with Crippen molar-refractivity contribution in [3.05, 3.63) is 85.8 Å². The summed E-state index contributed by atoms with van der Waals surface area (Å²) in [5.74, 6) is -2.76. The number of nitrogens with one attached hydrogen (secondary N) is 1. The minimum absolute atomic E-state index is 0.0280. The van der Waals surface area contributed by atoms with E-state index in [-0.39, 0.29) is 22.5 Å². The number of halogens is 2. The van der Waals surface area contributed by atoms with E-state index in [4.69, 9.17) is 0 Å². The number of hydrogen-bond acceptors (Lipinski definition) is 5. The Balaban J connectivity index is 1.82. The molecule has 1 aliphatic heterocycles. The summed E-state index contributed by atoms with van der Waals surface area (Å²) in [6, 6.07) is 5.75. The van der Waals surface area contributed by atoms with Gasteiger partial charge in [0.05, 0.1) is 18.2 Å². The molecule has 1 aromatic heterocycles. The Kier molecular flexibility index (Phi) is 11.8. The third-order valence-electron chi connectivity index (χ3n) is 8.75. The summed E-state index contributed by atoms with van der Waals surface area (Å²) in [6.45, 7) is 5.94. The molecule has 1 aliphatic rings. The van der Waals surface area contributed by atoms with Gasteiger partial charge < -0.3 is 15.3 Å². The minimum Gasteiger partial charge on any atom is -0.481 e. The molecule has 2 atom stereocenters.